The number of carbonyl (C=O) groups is 1. The van der Waals surface area contributed by atoms with Gasteiger partial charge in [0.2, 0.25) is 0 Å². The van der Waals surface area contributed by atoms with E-state index in [0.29, 0.717) is 24.7 Å². The number of aromatic amines is 1. The van der Waals surface area contributed by atoms with Gasteiger partial charge in [-0.2, -0.15) is 5.10 Å². The SMILES string of the molecule is CN1C[C@@H](NC(=O)c2cc(F)ccc2F)[C@H](c2nc(-c3ccccc3)n[nH]2)C1. The highest BCUT2D eigenvalue weighted by Crippen LogP contribution is 2.26. The summed E-state index contributed by atoms with van der Waals surface area (Å²) in [7, 11) is 1.93. The van der Waals surface area contributed by atoms with Crippen molar-refractivity contribution in [2.45, 2.75) is 12.0 Å². The van der Waals surface area contributed by atoms with E-state index in [-0.39, 0.29) is 17.5 Å². The second-order valence-corrected chi connectivity index (χ2v) is 6.94. The van der Waals surface area contributed by atoms with E-state index in [1.807, 2.05) is 42.3 Å². The first-order valence-corrected chi connectivity index (χ1v) is 8.93. The number of hydrogen-bond donors (Lipinski definition) is 2. The lowest BCUT2D eigenvalue weighted by Gasteiger charge is -2.18. The van der Waals surface area contributed by atoms with Gasteiger partial charge in [0.15, 0.2) is 5.82 Å². The van der Waals surface area contributed by atoms with Crippen LogP contribution in [0.5, 0.6) is 0 Å². The Balaban J connectivity index is 1.55. The molecule has 0 saturated carbocycles. The normalized spacial score (nSPS) is 19.7. The van der Waals surface area contributed by atoms with Gasteiger partial charge in [-0.05, 0) is 25.2 Å². The van der Waals surface area contributed by atoms with Crippen molar-refractivity contribution in [3.63, 3.8) is 0 Å². The number of nitrogens with zero attached hydrogens (tertiary/aromatic N) is 3. The number of halogens is 2. The van der Waals surface area contributed by atoms with Crippen LogP contribution in [0.25, 0.3) is 11.4 Å². The Labute approximate surface area is 160 Å². The van der Waals surface area contributed by atoms with E-state index in [0.717, 1.165) is 23.8 Å². The predicted molar refractivity (Wildman–Crippen MR) is 99.7 cm³/mol. The second-order valence-electron chi connectivity index (χ2n) is 6.94. The van der Waals surface area contributed by atoms with Gasteiger partial charge >= 0.3 is 0 Å². The quantitative estimate of drug-likeness (QED) is 0.726. The third-order valence-corrected chi connectivity index (χ3v) is 4.88. The lowest BCUT2D eigenvalue weighted by molar-refractivity contribution is 0.0930. The van der Waals surface area contributed by atoms with Crippen molar-refractivity contribution in [2.75, 3.05) is 20.1 Å². The van der Waals surface area contributed by atoms with E-state index in [4.69, 9.17) is 0 Å². The minimum atomic E-state index is -0.757. The fraction of sp³-hybridized carbons (Fsp3) is 0.250. The first-order valence-electron chi connectivity index (χ1n) is 8.93. The smallest absolute Gasteiger partial charge is 0.254 e. The molecule has 0 radical (unpaired) electrons. The third-order valence-electron chi connectivity index (χ3n) is 4.88. The fourth-order valence-corrected chi connectivity index (χ4v) is 3.50. The van der Waals surface area contributed by atoms with Crippen LogP contribution in [-0.4, -0.2) is 52.2 Å². The molecule has 6 nitrogen and oxygen atoms in total. The summed E-state index contributed by atoms with van der Waals surface area (Å²) in [5.41, 5.74) is 0.578. The van der Waals surface area contributed by atoms with Crippen LogP contribution in [0, 0.1) is 11.6 Å². The summed E-state index contributed by atoms with van der Waals surface area (Å²) < 4.78 is 27.3. The summed E-state index contributed by atoms with van der Waals surface area (Å²) in [6.07, 6.45) is 0. The first-order chi connectivity index (χ1) is 13.5. The summed E-state index contributed by atoms with van der Waals surface area (Å²) in [5.74, 6) is -0.984. The number of nitrogens with one attached hydrogen (secondary N) is 2. The lowest BCUT2D eigenvalue weighted by atomic mass is 10.0. The minimum Gasteiger partial charge on any atom is -0.347 e. The molecule has 8 heteroatoms. The van der Waals surface area contributed by atoms with Gasteiger partial charge in [-0.3, -0.25) is 9.89 Å². The van der Waals surface area contributed by atoms with Crippen molar-refractivity contribution in [3.05, 3.63) is 71.6 Å². The van der Waals surface area contributed by atoms with E-state index in [2.05, 4.69) is 20.5 Å². The molecule has 1 aliphatic heterocycles. The van der Waals surface area contributed by atoms with Crippen LogP contribution in [-0.2, 0) is 0 Å². The molecule has 1 amide bonds. The monoisotopic (exact) mass is 383 g/mol. The highest BCUT2D eigenvalue weighted by Gasteiger charge is 2.36. The topological polar surface area (TPSA) is 73.9 Å². The van der Waals surface area contributed by atoms with Crippen molar-refractivity contribution in [1.29, 1.82) is 0 Å². The molecule has 2 atom stereocenters. The number of amides is 1. The molecule has 28 heavy (non-hydrogen) atoms. The van der Waals surface area contributed by atoms with Gasteiger partial charge in [-0.25, -0.2) is 13.8 Å². The Morgan fingerprint density at radius 1 is 1.18 bits per heavy atom. The Bertz CT molecular complexity index is 991. The summed E-state index contributed by atoms with van der Waals surface area (Å²) >= 11 is 0. The van der Waals surface area contributed by atoms with Crippen molar-refractivity contribution < 1.29 is 13.6 Å². The highest BCUT2D eigenvalue weighted by molar-refractivity contribution is 5.94. The van der Waals surface area contributed by atoms with Crippen LogP contribution in [0.1, 0.15) is 22.1 Å². The van der Waals surface area contributed by atoms with Crippen LogP contribution < -0.4 is 5.32 Å². The zero-order chi connectivity index (χ0) is 19.7. The molecule has 1 aliphatic rings. The molecule has 0 spiro atoms. The van der Waals surface area contributed by atoms with E-state index < -0.39 is 17.5 Å². The zero-order valence-corrected chi connectivity index (χ0v) is 15.2. The van der Waals surface area contributed by atoms with E-state index in [1.54, 1.807) is 0 Å². The molecular weight excluding hydrogens is 364 g/mol. The number of benzene rings is 2. The average Bonchev–Trinajstić information content (AvgIpc) is 3.31. The Morgan fingerprint density at radius 3 is 2.75 bits per heavy atom. The van der Waals surface area contributed by atoms with E-state index in [1.165, 1.54) is 0 Å². The van der Waals surface area contributed by atoms with Crippen LogP contribution in [0.3, 0.4) is 0 Å². The molecule has 144 valence electrons. The van der Waals surface area contributed by atoms with Crippen LogP contribution >= 0.6 is 0 Å². The molecule has 2 N–H and O–H groups in total. The van der Waals surface area contributed by atoms with Gasteiger partial charge in [0.1, 0.15) is 17.5 Å². The molecule has 0 bridgehead atoms. The summed E-state index contributed by atoms with van der Waals surface area (Å²) in [6, 6.07) is 12.1. The number of likely N-dealkylation sites (tertiary alicyclic amines) is 1. The zero-order valence-electron chi connectivity index (χ0n) is 15.2. The number of carbonyl (C=O) groups excluding carboxylic acids is 1. The first kappa shape index (κ1) is 18.2. The molecule has 0 unspecified atom stereocenters. The molecule has 1 fully saturated rings. The fourth-order valence-electron chi connectivity index (χ4n) is 3.50. The van der Waals surface area contributed by atoms with Gasteiger partial charge in [0.25, 0.3) is 5.91 Å². The molecule has 2 aromatic carbocycles. The van der Waals surface area contributed by atoms with E-state index in [9.17, 15) is 13.6 Å². The van der Waals surface area contributed by atoms with Gasteiger partial charge in [-0.1, -0.05) is 30.3 Å². The number of H-pyrrole nitrogens is 1. The third kappa shape index (κ3) is 3.63. The van der Waals surface area contributed by atoms with Crippen LogP contribution in [0.2, 0.25) is 0 Å². The van der Waals surface area contributed by atoms with Gasteiger partial charge < -0.3 is 10.2 Å². The van der Waals surface area contributed by atoms with Crippen LogP contribution in [0.4, 0.5) is 8.78 Å². The Kier molecular flexibility index (Phi) is 4.87. The highest BCUT2D eigenvalue weighted by atomic mass is 19.1. The molecule has 3 aromatic rings. The van der Waals surface area contributed by atoms with Gasteiger partial charge in [0.05, 0.1) is 17.5 Å². The molecule has 4 rings (SSSR count). The number of hydrogen-bond acceptors (Lipinski definition) is 4. The Morgan fingerprint density at radius 2 is 1.96 bits per heavy atom. The molecule has 0 aliphatic carbocycles. The summed E-state index contributed by atoms with van der Waals surface area (Å²) in [4.78, 5) is 19.1. The maximum absolute atomic E-state index is 13.9. The van der Waals surface area contributed by atoms with Crippen molar-refractivity contribution in [1.82, 2.24) is 25.4 Å². The van der Waals surface area contributed by atoms with Gasteiger partial charge in [-0.15, -0.1) is 0 Å². The second kappa shape index (κ2) is 7.47. The van der Waals surface area contributed by atoms with Crippen molar-refractivity contribution in [3.8, 4) is 11.4 Å². The van der Waals surface area contributed by atoms with Crippen LogP contribution in [0.15, 0.2) is 48.5 Å². The predicted octanol–water partition coefficient (Wildman–Crippen LogP) is 2.58. The molecular formula is C20H19F2N5O. The average molecular weight is 383 g/mol. The number of aromatic nitrogens is 3. The van der Waals surface area contributed by atoms with E-state index >= 15 is 0 Å². The number of likely N-dealkylation sites (N-methyl/N-ethyl adjacent to an activating group) is 1. The molecule has 2 heterocycles. The summed E-state index contributed by atoms with van der Waals surface area (Å²) in [5, 5.41) is 10.0. The largest absolute Gasteiger partial charge is 0.347 e. The maximum Gasteiger partial charge on any atom is 0.254 e. The van der Waals surface area contributed by atoms with Gasteiger partial charge in [0, 0.05) is 18.7 Å². The lowest BCUT2D eigenvalue weighted by Crippen LogP contribution is -2.40. The standard InChI is InChI=1S/C20H19F2N5O/c1-27-10-15(19-24-18(25-26-19)12-5-3-2-4-6-12)17(11-27)23-20(28)14-9-13(21)7-8-16(14)22/h2-9,15,17H,10-11H2,1H3,(H,23,28)(H,24,25,26)/t15-,17-/m1/s1. The molecule has 1 aromatic heterocycles. The number of rotatable bonds is 4. The summed E-state index contributed by atoms with van der Waals surface area (Å²) in [6.45, 7) is 1.22. The van der Waals surface area contributed by atoms with Crippen molar-refractivity contribution in [2.24, 2.45) is 0 Å². The maximum atomic E-state index is 13.9. The van der Waals surface area contributed by atoms with Crippen molar-refractivity contribution >= 4 is 5.91 Å². The Hall–Kier alpha value is -3.13. The molecule has 1 saturated heterocycles. The minimum absolute atomic E-state index is 0.143.